The third-order valence-electron chi connectivity index (χ3n) is 5.15. The molecule has 3 heterocycles. The van der Waals surface area contributed by atoms with Crippen LogP contribution in [0, 0.1) is 12.7 Å². The first-order chi connectivity index (χ1) is 14.1. The van der Waals surface area contributed by atoms with Crippen molar-refractivity contribution in [2.45, 2.75) is 45.5 Å². The van der Waals surface area contributed by atoms with Crippen LogP contribution in [-0.4, -0.2) is 40.9 Å². The molecule has 1 aliphatic heterocycles. The number of fused-ring (bicyclic) bond motifs is 2. The first kappa shape index (κ1) is 22.5. The third kappa shape index (κ3) is 4.75. The van der Waals surface area contributed by atoms with Crippen LogP contribution in [0.4, 0.5) is 4.39 Å². The number of nitrogens with zero attached hydrogens (tertiary/aromatic N) is 4. The van der Waals surface area contributed by atoms with Crippen molar-refractivity contribution in [2.75, 3.05) is 14.2 Å². The summed E-state index contributed by atoms with van der Waals surface area (Å²) in [4.78, 5) is 8.81. The Morgan fingerprint density at radius 1 is 1.43 bits per heavy atom. The van der Waals surface area contributed by atoms with Gasteiger partial charge in [-0.3, -0.25) is 4.99 Å². The fourth-order valence-electron chi connectivity index (χ4n) is 3.63. The highest BCUT2D eigenvalue weighted by molar-refractivity contribution is 14.0. The molecular weight excluding hydrogens is 502 g/mol. The molecular formula is C20H26FIN6O2. The fraction of sp³-hybridized carbons (Fsp3) is 0.450. The lowest BCUT2D eigenvalue weighted by Gasteiger charge is -2.25. The molecule has 3 aromatic rings. The standard InChI is InChI=1S/C20H25FN6O2.HI/c1-12-15-8-13(21)4-6-16(15)29-17(12)9-23-20(22-2)24-14-5-7-19-25-18(11-28-3)26-27(19)10-14;/h4,6,8,14H,5,7,9-11H2,1-3H3,(H2,22,23,24);1H. The maximum Gasteiger partial charge on any atom is 0.191 e. The number of hydrogen-bond acceptors (Lipinski definition) is 5. The van der Waals surface area contributed by atoms with E-state index >= 15 is 0 Å². The van der Waals surface area contributed by atoms with E-state index in [4.69, 9.17) is 9.15 Å². The Morgan fingerprint density at radius 3 is 3.03 bits per heavy atom. The first-order valence-corrected chi connectivity index (χ1v) is 9.63. The summed E-state index contributed by atoms with van der Waals surface area (Å²) in [7, 11) is 3.37. The third-order valence-corrected chi connectivity index (χ3v) is 5.15. The van der Waals surface area contributed by atoms with E-state index in [9.17, 15) is 4.39 Å². The van der Waals surface area contributed by atoms with Gasteiger partial charge < -0.3 is 19.8 Å². The Kier molecular flexibility index (Phi) is 7.29. The van der Waals surface area contributed by atoms with E-state index in [1.807, 2.05) is 11.6 Å². The van der Waals surface area contributed by atoms with Crippen LogP contribution in [0.5, 0.6) is 0 Å². The number of guanidine groups is 1. The van der Waals surface area contributed by atoms with Gasteiger partial charge in [-0.25, -0.2) is 14.1 Å². The number of hydrogen-bond donors (Lipinski definition) is 2. The molecule has 0 radical (unpaired) electrons. The first-order valence-electron chi connectivity index (χ1n) is 9.63. The van der Waals surface area contributed by atoms with Crippen molar-refractivity contribution in [3.8, 4) is 0 Å². The highest BCUT2D eigenvalue weighted by Crippen LogP contribution is 2.25. The number of aromatic nitrogens is 3. The number of ether oxygens (including phenoxy) is 1. The van der Waals surface area contributed by atoms with Crippen LogP contribution < -0.4 is 10.6 Å². The van der Waals surface area contributed by atoms with Crippen LogP contribution in [0.1, 0.15) is 29.4 Å². The van der Waals surface area contributed by atoms with Gasteiger partial charge in [-0.15, -0.1) is 24.0 Å². The number of nitrogens with one attached hydrogen (secondary N) is 2. The molecule has 0 saturated heterocycles. The molecule has 0 aliphatic carbocycles. The molecule has 0 bridgehead atoms. The number of halogens is 2. The Hall–Kier alpha value is -2.21. The van der Waals surface area contributed by atoms with Crippen LogP contribution >= 0.6 is 24.0 Å². The second-order valence-electron chi connectivity index (χ2n) is 7.16. The maximum absolute atomic E-state index is 13.5. The van der Waals surface area contributed by atoms with Crippen molar-refractivity contribution in [3.63, 3.8) is 0 Å². The molecule has 10 heteroatoms. The van der Waals surface area contributed by atoms with Gasteiger partial charge in [-0.1, -0.05) is 0 Å². The monoisotopic (exact) mass is 528 g/mol. The summed E-state index contributed by atoms with van der Waals surface area (Å²) in [6, 6.07) is 4.75. The van der Waals surface area contributed by atoms with E-state index in [1.165, 1.54) is 12.1 Å². The van der Waals surface area contributed by atoms with E-state index in [2.05, 4.69) is 25.7 Å². The summed E-state index contributed by atoms with van der Waals surface area (Å²) in [5.41, 5.74) is 1.61. The summed E-state index contributed by atoms with van der Waals surface area (Å²) in [5.74, 6) is 2.88. The molecule has 0 amide bonds. The summed E-state index contributed by atoms with van der Waals surface area (Å²) in [6.07, 6.45) is 1.79. The van der Waals surface area contributed by atoms with Crippen molar-refractivity contribution in [1.82, 2.24) is 25.4 Å². The number of methoxy groups -OCH3 is 1. The smallest absolute Gasteiger partial charge is 0.191 e. The van der Waals surface area contributed by atoms with Gasteiger partial charge in [0.2, 0.25) is 0 Å². The number of benzene rings is 1. The lowest BCUT2D eigenvalue weighted by Crippen LogP contribution is -2.46. The summed E-state index contributed by atoms with van der Waals surface area (Å²) in [5, 5.41) is 12.0. The molecule has 0 spiro atoms. The molecule has 2 aromatic heterocycles. The van der Waals surface area contributed by atoms with E-state index in [1.54, 1.807) is 20.2 Å². The minimum Gasteiger partial charge on any atom is -0.459 e. The van der Waals surface area contributed by atoms with Crippen LogP contribution in [0.25, 0.3) is 11.0 Å². The number of aliphatic imine (C=N–C) groups is 1. The average molecular weight is 528 g/mol. The van der Waals surface area contributed by atoms with Gasteiger partial charge in [0.05, 0.1) is 13.1 Å². The number of furan rings is 1. The molecule has 1 atom stereocenters. The summed E-state index contributed by atoms with van der Waals surface area (Å²) in [6.45, 7) is 3.53. The van der Waals surface area contributed by atoms with Gasteiger partial charge in [0.1, 0.15) is 29.6 Å². The van der Waals surface area contributed by atoms with Crippen molar-refractivity contribution < 1.29 is 13.5 Å². The van der Waals surface area contributed by atoms with Crippen molar-refractivity contribution in [2.24, 2.45) is 4.99 Å². The lowest BCUT2D eigenvalue weighted by atomic mass is 10.1. The van der Waals surface area contributed by atoms with Gasteiger partial charge >= 0.3 is 0 Å². The molecule has 4 rings (SSSR count). The Balaban J connectivity index is 0.00000256. The Labute approximate surface area is 191 Å². The molecule has 0 saturated carbocycles. The maximum atomic E-state index is 13.5. The summed E-state index contributed by atoms with van der Waals surface area (Å²) >= 11 is 0. The SMILES string of the molecule is CN=C(NCc1oc2ccc(F)cc2c1C)NC1CCc2nc(COC)nn2C1.I. The van der Waals surface area contributed by atoms with Gasteiger partial charge in [0, 0.05) is 37.6 Å². The molecule has 2 N–H and O–H groups in total. The van der Waals surface area contributed by atoms with E-state index < -0.39 is 0 Å². The molecule has 0 fully saturated rings. The minimum atomic E-state index is -0.267. The van der Waals surface area contributed by atoms with Crippen molar-refractivity contribution in [1.29, 1.82) is 0 Å². The summed E-state index contributed by atoms with van der Waals surface area (Å²) < 4.78 is 26.4. The van der Waals surface area contributed by atoms with E-state index in [0.29, 0.717) is 30.5 Å². The number of rotatable bonds is 5. The topological polar surface area (TPSA) is 89.5 Å². The highest BCUT2D eigenvalue weighted by atomic mass is 127. The second-order valence-corrected chi connectivity index (χ2v) is 7.16. The predicted molar refractivity (Wildman–Crippen MR) is 123 cm³/mol. The molecule has 1 unspecified atom stereocenters. The van der Waals surface area contributed by atoms with Crippen LogP contribution in [0.15, 0.2) is 27.6 Å². The zero-order chi connectivity index (χ0) is 20.4. The lowest BCUT2D eigenvalue weighted by molar-refractivity contribution is 0.177. The zero-order valence-corrected chi connectivity index (χ0v) is 19.6. The molecule has 1 aliphatic rings. The van der Waals surface area contributed by atoms with Gasteiger partial charge in [0.15, 0.2) is 11.8 Å². The van der Waals surface area contributed by atoms with Gasteiger partial charge in [-0.05, 0) is 31.5 Å². The molecule has 30 heavy (non-hydrogen) atoms. The second kappa shape index (κ2) is 9.73. The quantitative estimate of drug-likeness (QED) is 0.301. The van der Waals surface area contributed by atoms with Gasteiger partial charge in [0.25, 0.3) is 0 Å². The molecule has 162 valence electrons. The minimum absolute atomic E-state index is 0. The van der Waals surface area contributed by atoms with Crippen LogP contribution in [0.3, 0.4) is 0 Å². The zero-order valence-electron chi connectivity index (χ0n) is 17.2. The van der Waals surface area contributed by atoms with E-state index in [-0.39, 0.29) is 35.8 Å². The Morgan fingerprint density at radius 2 is 2.27 bits per heavy atom. The van der Waals surface area contributed by atoms with Crippen LogP contribution in [0.2, 0.25) is 0 Å². The van der Waals surface area contributed by atoms with E-state index in [0.717, 1.165) is 41.9 Å². The van der Waals surface area contributed by atoms with Crippen molar-refractivity contribution in [3.05, 3.63) is 47.0 Å². The Bertz CT molecular complexity index is 1050. The molecule has 8 nitrogen and oxygen atoms in total. The number of aryl methyl sites for hydroxylation is 2. The highest BCUT2D eigenvalue weighted by Gasteiger charge is 2.22. The predicted octanol–water partition coefficient (Wildman–Crippen LogP) is 2.92. The van der Waals surface area contributed by atoms with Crippen LogP contribution in [-0.2, 0) is 30.9 Å². The average Bonchev–Trinajstić information content (AvgIpc) is 3.25. The largest absolute Gasteiger partial charge is 0.459 e. The fourth-order valence-corrected chi connectivity index (χ4v) is 3.63. The van der Waals surface area contributed by atoms with Gasteiger partial charge in [-0.2, -0.15) is 5.10 Å². The normalized spacial score (nSPS) is 16.3. The van der Waals surface area contributed by atoms with Crippen molar-refractivity contribution >= 4 is 40.9 Å². The molecule has 1 aromatic carbocycles.